The number of rotatable bonds is 9. The van der Waals surface area contributed by atoms with Gasteiger partial charge in [0.1, 0.15) is 18.0 Å². The first-order chi connectivity index (χ1) is 18.9. The van der Waals surface area contributed by atoms with Crippen molar-refractivity contribution in [3.63, 3.8) is 0 Å². The van der Waals surface area contributed by atoms with Crippen LogP contribution >= 0.6 is 0 Å². The third-order valence-electron chi connectivity index (χ3n) is 6.41. The van der Waals surface area contributed by atoms with Gasteiger partial charge in [0.15, 0.2) is 0 Å². The molecule has 0 bridgehead atoms. The van der Waals surface area contributed by atoms with Crippen molar-refractivity contribution in [2.75, 3.05) is 29.9 Å². The van der Waals surface area contributed by atoms with Gasteiger partial charge in [-0.2, -0.15) is 31.4 Å². The van der Waals surface area contributed by atoms with Gasteiger partial charge in [-0.1, -0.05) is 6.92 Å². The van der Waals surface area contributed by atoms with Crippen LogP contribution in [-0.4, -0.2) is 51.1 Å². The van der Waals surface area contributed by atoms with E-state index in [0.717, 1.165) is 18.5 Å². The molecule has 0 aromatic carbocycles. The fraction of sp³-hybridized carbons (Fsp3) is 0.542. The SMILES string of the molecule is CCc1cc(C(F)(F)F)cnc1N1CCC(c2nnc(COCC(C)Nc3cn[nH]c(=O)c3C(F)(F)F)o2)CC1. The van der Waals surface area contributed by atoms with E-state index < -0.39 is 40.8 Å². The third-order valence-corrected chi connectivity index (χ3v) is 6.41. The normalized spacial score (nSPS) is 15.8. The molecule has 0 spiro atoms. The van der Waals surface area contributed by atoms with Crippen molar-refractivity contribution in [1.82, 2.24) is 25.4 Å². The average Bonchev–Trinajstić information content (AvgIpc) is 3.36. The Labute approximate surface area is 224 Å². The molecule has 3 aromatic rings. The Hall–Kier alpha value is -3.69. The lowest BCUT2D eigenvalue weighted by molar-refractivity contribution is -0.138. The standard InChI is InChI=1S/C24H27F6N7O3/c1-3-14-8-16(23(25,26)27)9-31-20(14)37-6-4-15(5-7-37)22-36-34-18(40-22)12-39-11-13(2)33-17-10-32-35-21(38)19(17)24(28,29)30/h8-10,13,15H,3-7,11-12H2,1-2H3,(H2,33,35,38). The molecule has 1 unspecified atom stereocenters. The second-order valence-electron chi connectivity index (χ2n) is 9.40. The van der Waals surface area contributed by atoms with E-state index in [1.807, 2.05) is 4.90 Å². The lowest BCUT2D eigenvalue weighted by Crippen LogP contribution is -2.34. The summed E-state index contributed by atoms with van der Waals surface area (Å²) in [4.78, 5) is 17.6. The Morgan fingerprint density at radius 1 is 1.15 bits per heavy atom. The molecular weight excluding hydrogens is 548 g/mol. The van der Waals surface area contributed by atoms with Gasteiger partial charge in [-0.25, -0.2) is 10.1 Å². The maximum atomic E-state index is 13.2. The molecule has 4 rings (SSSR count). The molecule has 1 atom stereocenters. The van der Waals surface area contributed by atoms with Crippen molar-refractivity contribution < 1.29 is 35.5 Å². The van der Waals surface area contributed by atoms with Crippen molar-refractivity contribution in [3.05, 3.63) is 57.3 Å². The number of aromatic nitrogens is 5. The Morgan fingerprint density at radius 3 is 2.52 bits per heavy atom. The third kappa shape index (κ3) is 6.89. The predicted octanol–water partition coefficient (Wildman–Crippen LogP) is 4.55. The highest BCUT2D eigenvalue weighted by Crippen LogP contribution is 2.35. The molecule has 0 saturated carbocycles. The topological polar surface area (TPSA) is 122 Å². The average molecular weight is 576 g/mol. The van der Waals surface area contributed by atoms with Crippen LogP contribution in [0, 0.1) is 0 Å². The zero-order valence-corrected chi connectivity index (χ0v) is 21.6. The predicted molar refractivity (Wildman–Crippen MR) is 130 cm³/mol. The van der Waals surface area contributed by atoms with E-state index in [9.17, 15) is 31.1 Å². The van der Waals surface area contributed by atoms with Gasteiger partial charge in [-0.15, -0.1) is 10.2 Å². The second kappa shape index (κ2) is 11.8. The first kappa shape index (κ1) is 29.3. The van der Waals surface area contributed by atoms with E-state index in [0.29, 0.717) is 49.6 Å². The van der Waals surface area contributed by atoms with Crippen molar-refractivity contribution in [3.8, 4) is 0 Å². The number of hydrogen-bond acceptors (Lipinski definition) is 9. The Kier molecular flexibility index (Phi) is 8.65. The van der Waals surface area contributed by atoms with Crippen LogP contribution in [0.4, 0.5) is 37.8 Å². The van der Waals surface area contributed by atoms with Gasteiger partial charge in [0, 0.05) is 31.2 Å². The number of piperidine rings is 1. The number of ether oxygens (including phenoxy) is 1. The van der Waals surface area contributed by atoms with Gasteiger partial charge in [0.05, 0.1) is 24.1 Å². The van der Waals surface area contributed by atoms with Gasteiger partial charge in [0.2, 0.25) is 11.8 Å². The molecule has 0 radical (unpaired) electrons. The van der Waals surface area contributed by atoms with Crippen LogP contribution in [0.15, 0.2) is 27.7 Å². The van der Waals surface area contributed by atoms with Crippen LogP contribution in [0.2, 0.25) is 0 Å². The minimum atomic E-state index is -4.86. The fourth-order valence-electron chi connectivity index (χ4n) is 4.45. The summed E-state index contributed by atoms with van der Waals surface area (Å²) in [7, 11) is 0. The Bertz CT molecular complexity index is 1350. The molecule has 218 valence electrons. The zero-order chi connectivity index (χ0) is 29.1. The number of aryl methyl sites for hydroxylation is 1. The molecule has 3 aromatic heterocycles. The molecule has 1 aliphatic heterocycles. The van der Waals surface area contributed by atoms with Crippen molar-refractivity contribution in [2.45, 2.75) is 64.0 Å². The fourth-order valence-corrected chi connectivity index (χ4v) is 4.45. The second-order valence-corrected chi connectivity index (χ2v) is 9.40. The Balaban J connectivity index is 1.28. The molecule has 40 heavy (non-hydrogen) atoms. The minimum absolute atomic E-state index is 0.0277. The number of nitrogens with one attached hydrogen (secondary N) is 2. The summed E-state index contributed by atoms with van der Waals surface area (Å²) >= 11 is 0. The number of alkyl halides is 6. The number of aromatic amines is 1. The number of hydrogen-bond donors (Lipinski definition) is 2. The summed E-state index contributed by atoms with van der Waals surface area (Å²) < 4.78 is 89.9. The molecule has 1 saturated heterocycles. The lowest BCUT2D eigenvalue weighted by Gasteiger charge is -2.32. The number of pyridine rings is 1. The van der Waals surface area contributed by atoms with E-state index in [-0.39, 0.29) is 25.0 Å². The largest absolute Gasteiger partial charge is 0.423 e. The van der Waals surface area contributed by atoms with Crippen LogP contribution in [0.3, 0.4) is 0 Å². The molecule has 0 amide bonds. The maximum absolute atomic E-state index is 13.2. The quantitative estimate of drug-likeness (QED) is 0.354. The number of nitrogens with zero attached hydrogens (tertiary/aromatic N) is 5. The highest BCUT2D eigenvalue weighted by molar-refractivity contribution is 5.50. The molecule has 2 N–H and O–H groups in total. The molecular formula is C24H27F6N7O3. The van der Waals surface area contributed by atoms with Crippen LogP contribution in [0.5, 0.6) is 0 Å². The van der Waals surface area contributed by atoms with Crippen LogP contribution in [0.25, 0.3) is 0 Å². The van der Waals surface area contributed by atoms with Gasteiger partial charge in [-0.3, -0.25) is 4.79 Å². The van der Waals surface area contributed by atoms with Crippen LogP contribution in [-0.2, 0) is 30.1 Å². The molecule has 1 fully saturated rings. The molecule has 16 heteroatoms. The smallest absolute Gasteiger partial charge is 0.422 e. The maximum Gasteiger partial charge on any atom is 0.423 e. The van der Waals surface area contributed by atoms with E-state index in [2.05, 4.69) is 25.6 Å². The van der Waals surface area contributed by atoms with Crippen molar-refractivity contribution in [2.24, 2.45) is 0 Å². The Morgan fingerprint density at radius 2 is 1.88 bits per heavy atom. The van der Waals surface area contributed by atoms with Gasteiger partial charge in [0.25, 0.3) is 5.56 Å². The van der Waals surface area contributed by atoms with E-state index in [1.165, 1.54) is 0 Å². The monoisotopic (exact) mass is 575 g/mol. The summed E-state index contributed by atoms with van der Waals surface area (Å²) in [6.45, 7) is 4.35. The van der Waals surface area contributed by atoms with Gasteiger partial charge >= 0.3 is 12.4 Å². The number of H-pyrrole nitrogens is 1. The summed E-state index contributed by atoms with van der Waals surface area (Å²) in [5.74, 6) is 1.08. The molecule has 0 aliphatic carbocycles. The van der Waals surface area contributed by atoms with Crippen molar-refractivity contribution >= 4 is 11.5 Å². The first-order valence-corrected chi connectivity index (χ1v) is 12.5. The van der Waals surface area contributed by atoms with E-state index >= 15 is 0 Å². The van der Waals surface area contributed by atoms with E-state index in [4.69, 9.17) is 9.15 Å². The molecule has 1 aliphatic rings. The highest BCUT2D eigenvalue weighted by Gasteiger charge is 2.37. The summed E-state index contributed by atoms with van der Waals surface area (Å²) in [5.41, 5.74) is -3.43. The highest BCUT2D eigenvalue weighted by atomic mass is 19.4. The zero-order valence-electron chi connectivity index (χ0n) is 21.6. The molecule has 4 heterocycles. The van der Waals surface area contributed by atoms with Gasteiger partial charge in [-0.05, 0) is 37.8 Å². The summed E-state index contributed by atoms with van der Waals surface area (Å²) in [5, 5.41) is 15.8. The van der Waals surface area contributed by atoms with Crippen LogP contribution < -0.4 is 15.8 Å². The van der Waals surface area contributed by atoms with Crippen molar-refractivity contribution in [1.29, 1.82) is 0 Å². The summed E-state index contributed by atoms with van der Waals surface area (Å²) in [6, 6.07) is 0.532. The van der Waals surface area contributed by atoms with E-state index in [1.54, 1.807) is 18.9 Å². The van der Waals surface area contributed by atoms with Crippen LogP contribution in [0.1, 0.15) is 61.1 Å². The molecule has 10 nitrogen and oxygen atoms in total. The number of halogens is 6. The summed E-state index contributed by atoms with van der Waals surface area (Å²) in [6.07, 6.45) is -5.91. The number of anilines is 2. The minimum Gasteiger partial charge on any atom is -0.422 e. The first-order valence-electron chi connectivity index (χ1n) is 12.5. The lowest BCUT2D eigenvalue weighted by atomic mass is 9.96. The van der Waals surface area contributed by atoms with Gasteiger partial charge < -0.3 is 19.4 Å².